The second-order valence-corrected chi connectivity index (χ2v) is 5.83. The SMILES string of the molecule is CC(C)(C#N)CCSc1cc(N)ccc1Cl. The molecule has 0 aliphatic heterocycles. The van der Waals surface area contributed by atoms with Gasteiger partial charge >= 0.3 is 0 Å². The van der Waals surface area contributed by atoms with Crippen LogP contribution in [0.4, 0.5) is 5.69 Å². The van der Waals surface area contributed by atoms with Gasteiger partial charge in [0.05, 0.1) is 16.5 Å². The number of halogens is 1. The third kappa shape index (κ3) is 3.96. The summed E-state index contributed by atoms with van der Waals surface area (Å²) in [6, 6.07) is 7.73. The Kier molecular flexibility index (Phi) is 4.52. The van der Waals surface area contributed by atoms with E-state index in [9.17, 15) is 0 Å². The zero-order chi connectivity index (χ0) is 12.2. The van der Waals surface area contributed by atoms with Crippen LogP contribution in [0.1, 0.15) is 20.3 Å². The molecule has 0 unspecified atom stereocenters. The number of anilines is 1. The zero-order valence-electron chi connectivity index (χ0n) is 9.46. The number of thioether (sulfide) groups is 1. The molecule has 2 N–H and O–H groups in total. The van der Waals surface area contributed by atoms with E-state index in [1.54, 1.807) is 23.9 Å². The number of rotatable bonds is 4. The molecule has 0 saturated carbocycles. The molecule has 2 nitrogen and oxygen atoms in total. The second kappa shape index (κ2) is 5.47. The Balaban J connectivity index is 2.56. The molecule has 1 rings (SSSR count). The molecule has 0 spiro atoms. The fourth-order valence-corrected chi connectivity index (χ4v) is 2.64. The molecule has 0 atom stereocenters. The monoisotopic (exact) mass is 254 g/mol. The maximum atomic E-state index is 8.88. The summed E-state index contributed by atoms with van der Waals surface area (Å²) in [7, 11) is 0. The van der Waals surface area contributed by atoms with Crippen molar-refractivity contribution in [1.29, 1.82) is 5.26 Å². The number of nitrogens with zero attached hydrogens (tertiary/aromatic N) is 1. The summed E-state index contributed by atoms with van der Waals surface area (Å²) >= 11 is 7.68. The minimum absolute atomic E-state index is 0.278. The number of hydrogen-bond acceptors (Lipinski definition) is 3. The van der Waals surface area contributed by atoms with Crippen LogP contribution in [0.2, 0.25) is 5.02 Å². The van der Waals surface area contributed by atoms with Crippen molar-refractivity contribution >= 4 is 29.1 Å². The molecule has 0 saturated heterocycles. The molecule has 0 aliphatic rings. The van der Waals surface area contributed by atoms with E-state index in [1.807, 2.05) is 19.9 Å². The molecule has 86 valence electrons. The van der Waals surface area contributed by atoms with Gasteiger partial charge in [-0.1, -0.05) is 11.6 Å². The number of nitrogens with two attached hydrogens (primary N) is 1. The predicted molar refractivity (Wildman–Crippen MR) is 70.6 cm³/mol. The molecular weight excluding hydrogens is 240 g/mol. The molecule has 0 heterocycles. The van der Waals surface area contributed by atoms with Crippen LogP contribution in [0.15, 0.2) is 23.1 Å². The first-order chi connectivity index (χ1) is 7.44. The summed E-state index contributed by atoms with van der Waals surface area (Å²) in [6.07, 6.45) is 0.833. The van der Waals surface area contributed by atoms with Gasteiger partial charge in [0.15, 0.2) is 0 Å². The van der Waals surface area contributed by atoms with Gasteiger partial charge in [0, 0.05) is 10.6 Å². The van der Waals surface area contributed by atoms with Gasteiger partial charge in [-0.05, 0) is 44.2 Å². The van der Waals surface area contributed by atoms with Gasteiger partial charge in [-0.15, -0.1) is 11.8 Å². The molecule has 4 heteroatoms. The molecule has 0 amide bonds. The van der Waals surface area contributed by atoms with Gasteiger partial charge < -0.3 is 5.73 Å². The highest BCUT2D eigenvalue weighted by atomic mass is 35.5. The van der Waals surface area contributed by atoms with Crippen LogP contribution < -0.4 is 5.73 Å². The highest BCUT2D eigenvalue weighted by Gasteiger charge is 2.16. The van der Waals surface area contributed by atoms with E-state index in [0.29, 0.717) is 10.7 Å². The largest absolute Gasteiger partial charge is 0.399 e. The topological polar surface area (TPSA) is 49.8 Å². The van der Waals surface area contributed by atoms with E-state index in [4.69, 9.17) is 22.6 Å². The first-order valence-electron chi connectivity index (χ1n) is 5.04. The maximum absolute atomic E-state index is 8.88. The molecule has 1 aromatic carbocycles. The Labute approximate surface area is 106 Å². The Bertz CT molecular complexity index is 410. The van der Waals surface area contributed by atoms with E-state index in [0.717, 1.165) is 17.1 Å². The van der Waals surface area contributed by atoms with Crippen molar-refractivity contribution in [2.45, 2.75) is 25.2 Å². The smallest absolute Gasteiger partial charge is 0.0684 e. The third-order valence-electron chi connectivity index (χ3n) is 2.24. The lowest BCUT2D eigenvalue weighted by Gasteiger charge is -2.14. The fourth-order valence-electron chi connectivity index (χ4n) is 1.10. The van der Waals surface area contributed by atoms with Gasteiger partial charge in [0.2, 0.25) is 0 Å². The van der Waals surface area contributed by atoms with Gasteiger partial charge in [0.25, 0.3) is 0 Å². The van der Waals surface area contributed by atoms with Crippen LogP contribution in [-0.2, 0) is 0 Å². The van der Waals surface area contributed by atoms with Crippen molar-refractivity contribution in [3.63, 3.8) is 0 Å². The first-order valence-corrected chi connectivity index (χ1v) is 6.40. The van der Waals surface area contributed by atoms with E-state index >= 15 is 0 Å². The lowest BCUT2D eigenvalue weighted by atomic mass is 9.93. The molecule has 1 aromatic rings. The normalized spacial score (nSPS) is 11.1. The van der Waals surface area contributed by atoms with Crippen molar-refractivity contribution < 1.29 is 0 Å². The molecule has 0 fully saturated rings. The van der Waals surface area contributed by atoms with Gasteiger partial charge in [-0.2, -0.15) is 5.26 Å². The van der Waals surface area contributed by atoms with E-state index in [2.05, 4.69) is 6.07 Å². The molecule has 0 aromatic heterocycles. The predicted octanol–water partition coefficient (Wildman–Crippen LogP) is 3.95. The highest BCUT2D eigenvalue weighted by molar-refractivity contribution is 7.99. The van der Waals surface area contributed by atoms with Gasteiger partial charge in [-0.3, -0.25) is 0 Å². The average molecular weight is 255 g/mol. The Morgan fingerprint density at radius 3 is 2.81 bits per heavy atom. The molecule has 0 radical (unpaired) electrons. The minimum Gasteiger partial charge on any atom is -0.399 e. The third-order valence-corrected chi connectivity index (χ3v) is 3.74. The van der Waals surface area contributed by atoms with Crippen molar-refractivity contribution in [2.24, 2.45) is 5.41 Å². The van der Waals surface area contributed by atoms with Crippen LogP contribution in [0.25, 0.3) is 0 Å². The molecule has 16 heavy (non-hydrogen) atoms. The van der Waals surface area contributed by atoms with Crippen LogP contribution in [0, 0.1) is 16.7 Å². The van der Waals surface area contributed by atoms with Crippen molar-refractivity contribution in [1.82, 2.24) is 0 Å². The highest BCUT2D eigenvalue weighted by Crippen LogP contribution is 2.31. The number of hydrogen-bond donors (Lipinski definition) is 1. The summed E-state index contributed by atoms with van der Waals surface area (Å²) in [5, 5.41) is 9.60. The molecule has 0 aliphatic carbocycles. The summed E-state index contributed by atoms with van der Waals surface area (Å²) in [5.74, 6) is 0.865. The number of nitriles is 1. The number of nitrogen functional groups attached to an aromatic ring is 1. The van der Waals surface area contributed by atoms with Crippen LogP contribution >= 0.6 is 23.4 Å². The summed E-state index contributed by atoms with van der Waals surface area (Å²) in [4.78, 5) is 0.982. The van der Waals surface area contributed by atoms with Crippen molar-refractivity contribution in [3.8, 4) is 6.07 Å². The van der Waals surface area contributed by atoms with E-state index < -0.39 is 0 Å². The summed E-state index contributed by atoms with van der Waals surface area (Å²) < 4.78 is 0. The Morgan fingerprint density at radius 1 is 1.50 bits per heavy atom. The lowest BCUT2D eigenvalue weighted by molar-refractivity contribution is 0.482. The van der Waals surface area contributed by atoms with Gasteiger partial charge in [0.1, 0.15) is 0 Å². The number of benzene rings is 1. The van der Waals surface area contributed by atoms with Crippen LogP contribution in [0.3, 0.4) is 0 Å². The molecular formula is C12H15ClN2S. The fraction of sp³-hybridized carbons (Fsp3) is 0.417. The lowest BCUT2D eigenvalue weighted by Crippen LogP contribution is -2.08. The summed E-state index contributed by atoms with van der Waals surface area (Å²) in [5.41, 5.74) is 6.12. The zero-order valence-corrected chi connectivity index (χ0v) is 11.0. The average Bonchev–Trinajstić information content (AvgIpc) is 2.23. The summed E-state index contributed by atoms with van der Waals surface area (Å²) in [6.45, 7) is 3.88. The van der Waals surface area contributed by atoms with Crippen molar-refractivity contribution in [2.75, 3.05) is 11.5 Å². The Morgan fingerprint density at radius 2 is 2.19 bits per heavy atom. The van der Waals surface area contributed by atoms with Gasteiger partial charge in [-0.25, -0.2) is 0 Å². The second-order valence-electron chi connectivity index (χ2n) is 4.28. The van der Waals surface area contributed by atoms with E-state index in [-0.39, 0.29) is 5.41 Å². The van der Waals surface area contributed by atoms with Crippen molar-refractivity contribution in [3.05, 3.63) is 23.2 Å². The quantitative estimate of drug-likeness (QED) is 0.654. The standard InChI is InChI=1S/C12H15ClN2S/c1-12(2,8-14)5-6-16-11-7-9(15)3-4-10(11)13/h3-4,7H,5-6,15H2,1-2H3. The van der Waals surface area contributed by atoms with Crippen LogP contribution in [-0.4, -0.2) is 5.75 Å². The van der Waals surface area contributed by atoms with E-state index in [1.165, 1.54) is 0 Å². The minimum atomic E-state index is -0.278. The molecule has 0 bridgehead atoms. The Hall–Kier alpha value is -0.850. The van der Waals surface area contributed by atoms with Crippen LogP contribution in [0.5, 0.6) is 0 Å². The maximum Gasteiger partial charge on any atom is 0.0684 e. The first kappa shape index (κ1) is 13.2.